The van der Waals surface area contributed by atoms with Crippen LogP contribution in [0.5, 0.6) is 0 Å². The first-order valence-corrected chi connectivity index (χ1v) is 5.34. The van der Waals surface area contributed by atoms with E-state index in [1.807, 2.05) is 6.19 Å². The number of anilines is 1. The van der Waals surface area contributed by atoms with Crippen LogP contribution in [0.15, 0.2) is 17.4 Å². The van der Waals surface area contributed by atoms with Crippen LogP contribution in [0.4, 0.5) is 5.82 Å². The quantitative estimate of drug-likeness (QED) is 0.198. The summed E-state index contributed by atoms with van der Waals surface area (Å²) in [7, 11) is 1.55. The first-order valence-electron chi connectivity index (χ1n) is 5.34. The average Bonchev–Trinajstić information content (AvgIpc) is 2.39. The highest BCUT2D eigenvalue weighted by molar-refractivity contribution is 5.79. The molecule has 1 aromatic rings. The highest BCUT2D eigenvalue weighted by Crippen LogP contribution is 2.01. The molecule has 8 nitrogen and oxygen atoms in total. The second kappa shape index (κ2) is 7.03. The summed E-state index contributed by atoms with van der Waals surface area (Å²) in [6, 6.07) is 0. The number of aliphatic imine (C=N–C) groups is 1. The molecule has 5 N–H and O–H groups in total. The molecule has 0 saturated carbocycles. The van der Waals surface area contributed by atoms with Crippen LogP contribution in [0, 0.1) is 11.5 Å². The summed E-state index contributed by atoms with van der Waals surface area (Å²) >= 11 is 0. The van der Waals surface area contributed by atoms with Crippen molar-refractivity contribution >= 4 is 11.8 Å². The van der Waals surface area contributed by atoms with Gasteiger partial charge in [-0.25, -0.2) is 4.98 Å². The van der Waals surface area contributed by atoms with Crippen molar-refractivity contribution in [2.45, 2.75) is 6.54 Å². The molecular weight excluding hydrogens is 232 g/mol. The van der Waals surface area contributed by atoms with E-state index in [0.717, 1.165) is 0 Å². The van der Waals surface area contributed by atoms with E-state index in [9.17, 15) is 0 Å². The maximum Gasteiger partial charge on any atom is 0.204 e. The lowest BCUT2D eigenvalue weighted by Gasteiger charge is -2.07. The van der Waals surface area contributed by atoms with Crippen molar-refractivity contribution in [2.75, 3.05) is 25.9 Å². The molecule has 1 aromatic heterocycles. The van der Waals surface area contributed by atoms with E-state index in [1.54, 1.807) is 19.4 Å². The monoisotopic (exact) mass is 248 g/mol. The Bertz CT molecular complexity index is 449. The zero-order chi connectivity index (χ0) is 13.4. The fourth-order valence-corrected chi connectivity index (χ4v) is 1.13. The van der Waals surface area contributed by atoms with Gasteiger partial charge in [0.05, 0.1) is 12.2 Å². The summed E-state index contributed by atoms with van der Waals surface area (Å²) in [5.41, 5.74) is 11.9. The summed E-state index contributed by atoms with van der Waals surface area (Å²) in [6.45, 7) is 1.59. The van der Waals surface area contributed by atoms with Crippen LogP contribution in [-0.2, 0) is 6.54 Å². The van der Waals surface area contributed by atoms with E-state index < -0.39 is 0 Å². The Morgan fingerprint density at radius 3 is 2.94 bits per heavy atom. The Balaban J connectivity index is 2.28. The SMILES string of the molecule is CN(C#N)C(N)=NCCNCc1nccnc1N. The largest absolute Gasteiger partial charge is 0.382 e. The molecule has 0 spiro atoms. The van der Waals surface area contributed by atoms with Crippen molar-refractivity contribution in [3.05, 3.63) is 18.1 Å². The number of nitriles is 1. The third kappa shape index (κ3) is 4.23. The molecule has 0 aromatic carbocycles. The van der Waals surface area contributed by atoms with Crippen LogP contribution in [0.1, 0.15) is 5.69 Å². The molecule has 0 saturated heterocycles. The zero-order valence-corrected chi connectivity index (χ0v) is 10.2. The fraction of sp³-hybridized carbons (Fsp3) is 0.400. The Morgan fingerprint density at radius 1 is 1.56 bits per heavy atom. The summed E-state index contributed by atoms with van der Waals surface area (Å²) in [4.78, 5) is 13.2. The van der Waals surface area contributed by atoms with Gasteiger partial charge in [0.15, 0.2) is 6.19 Å². The Morgan fingerprint density at radius 2 is 2.28 bits per heavy atom. The topological polar surface area (TPSA) is 129 Å². The number of nitrogens with zero attached hydrogens (tertiary/aromatic N) is 5. The number of guanidine groups is 1. The van der Waals surface area contributed by atoms with Gasteiger partial charge < -0.3 is 16.8 Å². The minimum atomic E-state index is 0.193. The molecule has 96 valence electrons. The molecular formula is C10H16N8. The van der Waals surface area contributed by atoms with Gasteiger partial charge >= 0.3 is 0 Å². The van der Waals surface area contributed by atoms with Crippen LogP contribution in [0.3, 0.4) is 0 Å². The molecule has 1 heterocycles. The highest BCUT2D eigenvalue weighted by Gasteiger charge is 2.00. The minimum absolute atomic E-state index is 0.193. The van der Waals surface area contributed by atoms with Gasteiger partial charge in [0.25, 0.3) is 0 Å². The standard InChI is InChI=1S/C10H16N8/c1-18(7-11)10(13)17-3-2-14-6-8-9(12)16-5-4-15-8/h4-5,14H,2-3,6H2,1H3,(H2,12,16)(H2,13,17). The van der Waals surface area contributed by atoms with Crippen LogP contribution in [-0.4, -0.2) is 41.0 Å². The Hall–Kier alpha value is -2.40. The summed E-state index contributed by atoms with van der Waals surface area (Å²) in [5, 5.41) is 11.7. The maximum absolute atomic E-state index is 8.56. The van der Waals surface area contributed by atoms with Crippen molar-refractivity contribution < 1.29 is 0 Å². The van der Waals surface area contributed by atoms with Gasteiger partial charge in [-0.3, -0.25) is 14.9 Å². The van der Waals surface area contributed by atoms with E-state index in [2.05, 4.69) is 20.3 Å². The van der Waals surface area contributed by atoms with Gasteiger partial charge in [0.2, 0.25) is 5.96 Å². The van der Waals surface area contributed by atoms with Gasteiger partial charge in [0, 0.05) is 32.5 Å². The predicted molar refractivity (Wildman–Crippen MR) is 68.0 cm³/mol. The molecule has 0 aliphatic carbocycles. The summed E-state index contributed by atoms with van der Waals surface area (Å²) in [6.07, 6.45) is 4.99. The summed E-state index contributed by atoms with van der Waals surface area (Å²) < 4.78 is 0. The molecule has 18 heavy (non-hydrogen) atoms. The smallest absolute Gasteiger partial charge is 0.204 e. The van der Waals surface area contributed by atoms with Crippen molar-refractivity contribution in [2.24, 2.45) is 10.7 Å². The number of hydrogen-bond donors (Lipinski definition) is 3. The number of hydrogen-bond acceptors (Lipinski definition) is 6. The van der Waals surface area contributed by atoms with Crippen LogP contribution in [0.2, 0.25) is 0 Å². The van der Waals surface area contributed by atoms with Crippen molar-refractivity contribution in [3.63, 3.8) is 0 Å². The second-order valence-corrected chi connectivity index (χ2v) is 3.46. The van der Waals surface area contributed by atoms with Gasteiger partial charge in [-0.1, -0.05) is 0 Å². The van der Waals surface area contributed by atoms with Gasteiger partial charge in [-0.15, -0.1) is 0 Å². The predicted octanol–water partition coefficient (Wildman–Crippen LogP) is -1.12. The normalized spacial score (nSPS) is 11.0. The van der Waals surface area contributed by atoms with Crippen LogP contribution < -0.4 is 16.8 Å². The molecule has 0 aliphatic rings. The van der Waals surface area contributed by atoms with Gasteiger partial charge in [-0.2, -0.15) is 5.26 Å². The third-order valence-corrected chi connectivity index (χ3v) is 2.15. The van der Waals surface area contributed by atoms with Gasteiger partial charge in [0.1, 0.15) is 5.82 Å². The van der Waals surface area contributed by atoms with Gasteiger partial charge in [-0.05, 0) is 0 Å². The number of nitrogens with two attached hydrogens (primary N) is 2. The lowest BCUT2D eigenvalue weighted by Crippen LogP contribution is -2.31. The van der Waals surface area contributed by atoms with E-state index >= 15 is 0 Å². The fourth-order valence-electron chi connectivity index (χ4n) is 1.13. The number of aromatic nitrogens is 2. The first kappa shape index (κ1) is 13.7. The van der Waals surface area contributed by atoms with Crippen molar-refractivity contribution in [3.8, 4) is 6.19 Å². The van der Waals surface area contributed by atoms with E-state index in [0.29, 0.717) is 31.1 Å². The molecule has 0 fully saturated rings. The molecule has 1 rings (SSSR count). The maximum atomic E-state index is 8.56. The third-order valence-electron chi connectivity index (χ3n) is 2.15. The van der Waals surface area contributed by atoms with E-state index in [1.165, 1.54) is 4.90 Å². The first-order chi connectivity index (χ1) is 8.65. The Kier molecular flexibility index (Phi) is 5.34. The lowest BCUT2D eigenvalue weighted by atomic mass is 10.4. The Labute approximate surface area is 105 Å². The van der Waals surface area contributed by atoms with E-state index in [-0.39, 0.29) is 5.96 Å². The van der Waals surface area contributed by atoms with Crippen molar-refractivity contribution in [1.82, 2.24) is 20.2 Å². The van der Waals surface area contributed by atoms with Crippen LogP contribution in [0.25, 0.3) is 0 Å². The highest BCUT2D eigenvalue weighted by atomic mass is 15.2. The number of nitrogen functional groups attached to an aromatic ring is 1. The molecule has 0 atom stereocenters. The lowest BCUT2D eigenvalue weighted by molar-refractivity contribution is 0.661. The second-order valence-electron chi connectivity index (χ2n) is 3.46. The van der Waals surface area contributed by atoms with E-state index in [4.69, 9.17) is 16.7 Å². The minimum Gasteiger partial charge on any atom is -0.382 e. The molecule has 0 aliphatic heterocycles. The van der Waals surface area contributed by atoms with Crippen LogP contribution >= 0.6 is 0 Å². The average molecular weight is 248 g/mol. The molecule has 0 radical (unpaired) electrons. The molecule has 0 amide bonds. The number of rotatable bonds is 5. The molecule has 0 bridgehead atoms. The van der Waals surface area contributed by atoms with Crippen molar-refractivity contribution in [1.29, 1.82) is 5.26 Å². The molecule has 0 unspecified atom stereocenters. The zero-order valence-electron chi connectivity index (χ0n) is 10.2. The number of nitrogens with one attached hydrogen (secondary N) is 1. The molecule has 8 heteroatoms. The summed E-state index contributed by atoms with van der Waals surface area (Å²) in [5.74, 6) is 0.607.